The largest absolute Gasteiger partial charge is 0.458 e. The second-order valence-electron chi connectivity index (χ2n) is 6.61. The minimum atomic E-state index is -0.494. The van der Waals surface area contributed by atoms with Gasteiger partial charge in [-0.15, -0.1) is 0 Å². The van der Waals surface area contributed by atoms with Crippen LogP contribution in [0.4, 0.5) is 0 Å². The Labute approximate surface area is 178 Å². The number of hydrogen-bond donors (Lipinski definition) is 0. The van der Waals surface area contributed by atoms with E-state index in [4.69, 9.17) is 20.8 Å². The van der Waals surface area contributed by atoms with Crippen molar-refractivity contribution in [3.05, 3.63) is 112 Å². The van der Waals surface area contributed by atoms with E-state index in [9.17, 15) is 9.59 Å². The maximum absolute atomic E-state index is 12.5. The molecule has 3 aromatic carbocycles. The predicted octanol–water partition coefficient (Wildman–Crippen LogP) is 5.87. The van der Waals surface area contributed by atoms with E-state index in [0.717, 1.165) is 11.1 Å². The number of hydrogen-bond acceptors (Lipinski definition) is 4. The highest BCUT2D eigenvalue weighted by Gasteiger charge is 2.14. The van der Waals surface area contributed by atoms with Crippen LogP contribution < -0.4 is 5.63 Å². The van der Waals surface area contributed by atoms with Gasteiger partial charge in [-0.3, -0.25) is 0 Å². The van der Waals surface area contributed by atoms with E-state index in [0.29, 0.717) is 27.1 Å². The van der Waals surface area contributed by atoms with E-state index in [2.05, 4.69) is 0 Å². The van der Waals surface area contributed by atoms with E-state index in [-0.39, 0.29) is 6.61 Å². The van der Waals surface area contributed by atoms with Crippen molar-refractivity contribution in [3.8, 4) is 11.3 Å². The van der Waals surface area contributed by atoms with E-state index < -0.39 is 11.6 Å². The minimum Gasteiger partial charge on any atom is -0.458 e. The average Bonchev–Trinajstić information content (AvgIpc) is 2.78. The molecule has 0 amide bonds. The summed E-state index contributed by atoms with van der Waals surface area (Å²) in [5.74, 6) is -0.117. The van der Waals surface area contributed by atoms with Gasteiger partial charge in [-0.05, 0) is 23.8 Å². The topological polar surface area (TPSA) is 56.5 Å². The summed E-state index contributed by atoms with van der Waals surface area (Å²) in [6, 6.07) is 23.7. The highest BCUT2D eigenvalue weighted by molar-refractivity contribution is 6.31. The number of rotatable bonds is 5. The van der Waals surface area contributed by atoms with Crippen LogP contribution in [0.5, 0.6) is 0 Å². The van der Waals surface area contributed by atoms with Gasteiger partial charge in [-0.2, -0.15) is 0 Å². The van der Waals surface area contributed by atoms with Crippen LogP contribution in [-0.2, 0) is 16.1 Å². The molecule has 148 valence electrons. The number of fused-ring (bicyclic) bond motifs is 1. The van der Waals surface area contributed by atoms with Crippen molar-refractivity contribution in [3.63, 3.8) is 0 Å². The molecule has 4 rings (SSSR count). The molecule has 0 aliphatic rings. The minimum absolute atomic E-state index is 0.176. The molecule has 0 radical (unpaired) electrons. The first-order chi connectivity index (χ1) is 14.6. The van der Waals surface area contributed by atoms with Gasteiger partial charge < -0.3 is 9.15 Å². The molecule has 0 fully saturated rings. The zero-order chi connectivity index (χ0) is 20.9. The van der Waals surface area contributed by atoms with Gasteiger partial charge in [-0.25, -0.2) is 9.59 Å². The normalized spacial score (nSPS) is 11.1. The average molecular weight is 417 g/mol. The summed E-state index contributed by atoms with van der Waals surface area (Å²) in [6.45, 7) is 0.176. The van der Waals surface area contributed by atoms with Crippen molar-refractivity contribution < 1.29 is 13.9 Å². The Hall–Kier alpha value is -3.63. The maximum Gasteiger partial charge on any atom is 0.344 e. The van der Waals surface area contributed by atoms with Crippen molar-refractivity contribution >= 4 is 34.4 Å². The first kappa shape index (κ1) is 19.7. The molecule has 30 heavy (non-hydrogen) atoms. The van der Waals surface area contributed by atoms with E-state index in [1.165, 1.54) is 6.08 Å². The van der Waals surface area contributed by atoms with Crippen LogP contribution in [0.1, 0.15) is 11.1 Å². The molecule has 1 aromatic heterocycles. The number of ether oxygens (including phenoxy) is 1. The lowest BCUT2D eigenvalue weighted by atomic mass is 10.0. The second-order valence-corrected chi connectivity index (χ2v) is 7.05. The predicted molar refractivity (Wildman–Crippen MR) is 118 cm³/mol. The monoisotopic (exact) mass is 416 g/mol. The highest BCUT2D eigenvalue weighted by atomic mass is 35.5. The van der Waals surface area contributed by atoms with Gasteiger partial charge in [0.15, 0.2) is 0 Å². The Morgan fingerprint density at radius 3 is 2.37 bits per heavy atom. The van der Waals surface area contributed by atoms with E-state index in [1.54, 1.807) is 24.3 Å². The van der Waals surface area contributed by atoms with E-state index in [1.807, 2.05) is 60.7 Å². The first-order valence-corrected chi connectivity index (χ1v) is 9.70. The van der Waals surface area contributed by atoms with Crippen molar-refractivity contribution in [2.45, 2.75) is 6.61 Å². The molecule has 0 N–H and O–H groups in total. The lowest BCUT2D eigenvalue weighted by Gasteiger charge is -2.09. The maximum atomic E-state index is 12.5. The highest BCUT2D eigenvalue weighted by Crippen LogP contribution is 2.30. The molecule has 4 nitrogen and oxygen atoms in total. The zero-order valence-electron chi connectivity index (χ0n) is 15.9. The van der Waals surface area contributed by atoms with Crippen molar-refractivity contribution in [2.75, 3.05) is 0 Å². The molecule has 1 heterocycles. The standard InChI is InChI=1S/C25H17ClO4/c26-19-11-12-20-21(13-14-23(27)29-16-17-7-3-1-4-8-17)24(18-9-5-2-6-10-18)30-25(28)22(20)15-19/h1-15H,16H2/b14-13+. The quantitative estimate of drug-likeness (QED) is 0.301. The van der Waals surface area contributed by atoms with Crippen molar-refractivity contribution in [2.24, 2.45) is 0 Å². The molecule has 4 aromatic rings. The Kier molecular flexibility index (Phi) is 5.77. The van der Waals surface area contributed by atoms with Crippen LogP contribution in [0, 0.1) is 0 Å². The summed E-state index contributed by atoms with van der Waals surface area (Å²) in [4.78, 5) is 24.8. The molecule has 0 aliphatic heterocycles. The van der Waals surface area contributed by atoms with Crippen LogP contribution in [0.3, 0.4) is 0 Å². The summed E-state index contributed by atoms with van der Waals surface area (Å²) in [5.41, 5.74) is 1.73. The number of carbonyl (C=O) groups is 1. The third-order valence-electron chi connectivity index (χ3n) is 4.58. The summed E-state index contributed by atoms with van der Waals surface area (Å²) in [7, 11) is 0. The molecule has 5 heteroatoms. The Morgan fingerprint density at radius 2 is 1.63 bits per heavy atom. The molecule has 0 saturated heterocycles. The first-order valence-electron chi connectivity index (χ1n) is 9.32. The molecule has 0 unspecified atom stereocenters. The summed E-state index contributed by atoms with van der Waals surface area (Å²) in [6.07, 6.45) is 2.94. The van der Waals surface area contributed by atoms with Gasteiger partial charge in [0, 0.05) is 27.6 Å². The number of benzene rings is 3. The fourth-order valence-corrected chi connectivity index (χ4v) is 3.31. The fraction of sp³-hybridized carbons (Fsp3) is 0.0400. The van der Waals surface area contributed by atoms with Crippen LogP contribution in [0.15, 0.2) is 94.2 Å². The molecular formula is C25H17ClO4. The van der Waals surface area contributed by atoms with E-state index >= 15 is 0 Å². The molecule has 0 bridgehead atoms. The third kappa shape index (κ3) is 4.34. The lowest BCUT2D eigenvalue weighted by molar-refractivity contribution is -0.138. The molecule has 0 aliphatic carbocycles. The number of carbonyl (C=O) groups excluding carboxylic acids is 1. The molecule has 0 saturated carbocycles. The van der Waals surface area contributed by atoms with Gasteiger partial charge in [-0.1, -0.05) is 78.3 Å². The molecule has 0 atom stereocenters. The zero-order valence-corrected chi connectivity index (χ0v) is 16.6. The van der Waals surface area contributed by atoms with Crippen LogP contribution >= 0.6 is 11.6 Å². The van der Waals surface area contributed by atoms with Gasteiger partial charge in [0.25, 0.3) is 0 Å². The van der Waals surface area contributed by atoms with Crippen LogP contribution in [0.25, 0.3) is 28.2 Å². The van der Waals surface area contributed by atoms with Gasteiger partial charge in [0.2, 0.25) is 0 Å². The summed E-state index contributed by atoms with van der Waals surface area (Å²) in [5, 5.41) is 1.42. The number of esters is 1. The van der Waals surface area contributed by atoms with Crippen molar-refractivity contribution in [1.82, 2.24) is 0 Å². The van der Waals surface area contributed by atoms with Crippen LogP contribution in [-0.4, -0.2) is 5.97 Å². The molecule has 0 spiro atoms. The Balaban J connectivity index is 1.72. The van der Waals surface area contributed by atoms with Crippen LogP contribution in [0.2, 0.25) is 5.02 Å². The summed E-state index contributed by atoms with van der Waals surface area (Å²) < 4.78 is 10.9. The lowest BCUT2D eigenvalue weighted by Crippen LogP contribution is -2.04. The number of halogens is 1. The fourth-order valence-electron chi connectivity index (χ4n) is 3.14. The SMILES string of the molecule is O=C(/C=C/c1c(-c2ccccc2)oc(=O)c2cc(Cl)ccc12)OCc1ccccc1. The Morgan fingerprint density at radius 1 is 0.933 bits per heavy atom. The van der Waals surface area contributed by atoms with Gasteiger partial charge >= 0.3 is 11.6 Å². The molecular weight excluding hydrogens is 400 g/mol. The summed E-state index contributed by atoms with van der Waals surface area (Å²) >= 11 is 6.05. The second kappa shape index (κ2) is 8.80. The van der Waals surface area contributed by atoms with Crippen molar-refractivity contribution in [1.29, 1.82) is 0 Å². The smallest absolute Gasteiger partial charge is 0.344 e. The Bertz CT molecular complexity index is 1280. The van der Waals surface area contributed by atoms with Gasteiger partial charge in [0.05, 0.1) is 5.39 Å². The van der Waals surface area contributed by atoms with Gasteiger partial charge in [0.1, 0.15) is 12.4 Å². The third-order valence-corrected chi connectivity index (χ3v) is 4.81.